The van der Waals surface area contributed by atoms with E-state index in [1.807, 2.05) is 29.6 Å². The lowest BCUT2D eigenvalue weighted by Gasteiger charge is -2.30. The highest BCUT2D eigenvalue weighted by molar-refractivity contribution is 7.13. The second-order valence-electron chi connectivity index (χ2n) is 8.54. The number of dihydropyridines is 1. The van der Waals surface area contributed by atoms with Crippen molar-refractivity contribution in [1.29, 1.82) is 0 Å². The van der Waals surface area contributed by atoms with Gasteiger partial charge in [0.1, 0.15) is 5.01 Å². The van der Waals surface area contributed by atoms with Crippen LogP contribution >= 0.6 is 11.3 Å². The SMILES string of the molecule is CCOC(=O)C1=C(C)NC(C)=C(C(=O)OCC)C1c1cccc(-c2nc(-c3ccc([N+](=O)[O-])cc3)cs2)c1. The summed E-state index contributed by atoms with van der Waals surface area (Å²) < 4.78 is 10.7. The van der Waals surface area contributed by atoms with Crippen molar-refractivity contribution in [3.8, 4) is 21.8 Å². The molecule has 0 unspecified atom stereocenters. The number of nitro benzene ring substituents is 1. The summed E-state index contributed by atoms with van der Waals surface area (Å²) in [4.78, 5) is 41.4. The van der Waals surface area contributed by atoms with E-state index in [1.54, 1.807) is 39.8 Å². The number of hydrogen-bond donors (Lipinski definition) is 1. The molecule has 0 fully saturated rings. The van der Waals surface area contributed by atoms with E-state index in [0.29, 0.717) is 28.2 Å². The molecule has 38 heavy (non-hydrogen) atoms. The topological polar surface area (TPSA) is 121 Å². The maximum Gasteiger partial charge on any atom is 0.336 e. The third kappa shape index (κ3) is 5.35. The van der Waals surface area contributed by atoms with E-state index >= 15 is 0 Å². The molecule has 0 saturated carbocycles. The number of nitrogens with zero attached hydrogens (tertiary/aromatic N) is 2. The fourth-order valence-electron chi connectivity index (χ4n) is 4.43. The Morgan fingerprint density at radius 2 is 1.58 bits per heavy atom. The summed E-state index contributed by atoms with van der Waals surface area (Å²) in [5.41, 5.74) is 4.92. The van der Waals surface area contributed by atoms with Crippen LogP contribution in [0.4, 0.5) is 5.69 Å². The van der Waals surface area contributed by atoms with E-state index in [1.165, 1.54) is 23.5 Å². The van der Waals surface area contributed by atoms with Gasteiger partial charge in [0.15, 0.2) is 0 Å². The van der Waals surface area contributed by atoms with Gasteiger partial charge in [0.05, 0.1) is 40.9 Å². The molecule has 9 nitrogen and oxygen atoms in total. The van der Waals surface area contributed by atoms with E-state index in [2.05, 4.69) is 5.32 Å². The molecule has 4 rings (SSSR count). The van der Waals surface area contributed by atoms with Gasteiger partial charge in [-0.15, -0.1) is 11.3 Å². The molecule has 0 spiro atoms. The fourth-order valence-corrected chi connectivity index (χ4v) is 5.26. The highest BCUT2D eigenvalue weighted by atomic mass is 32.1. The molecule has 2 aromatic carbocycles. The zero-order valence-corrected chi connectivity index (χ0v) is 22.3. The molecular formula is C28H27N3O6S. The number of benzene rings is 2. The van der Waals surface area contributed by atoms with Crippen molar-refractivity contribution in [1.82, 2.24) is 10.3 Å². The van der Waals surface area contributed by atoms with Crippen LogP contribution in [0.5, 0.6) is 0 Å². The Bertz CT molecular complexity index is 1420. The quantitative estimate of drug-likeness (QED) is 0.221. The Hall–Kier alpha value is -4.31. The summed E-state index contributed by atoms with van der Waals surface area (Å²) >= 11 is 1.43. The first-order chi connectivity index (χ1) is 18.2. The summed E-state index contributed by atoms with van der Waals surface area (Å²) in [7, 11) is 0. The van der Waals surface area contributed by atoms with Gasteiger partial charge in [0, 0.05) is 40.0 Å². The Balaban J connectivity index is 1.76. The van der Waals surface area contributed by atoms with Gasteiger partial charge in [0.2, 0.25) is 0 Å². The Morgan fingerprint density at radius 1 is 0.974 bits per heavy atom. The van der Waals surface area contributed by atoms with Gasteiger partial charge < -0.3 is 14.8 Å². The van der Waals surface area contributed by atoms with Crippen LogP contribution < -0.4 is 5.32 Å². The van der Waals surface area contributed by atoms with Crippen LogP contribution in [0.25, 0.3) is 21.8 Å². The van der Waals surface area contributed by atoms with Gasteiger partial charge in [-0.1, -0.05) is 18.2 Å². The lowest BCUT2D eigenvalue weighted by Crippen LogP contribution is -2.32. The highest BCUT2D eigenvalue weighted by Gasteiger charge is 2.38. The number of carbonyl (C=O) groups excluding carboxylic acids is 2. The van der Waals surface area contributed by atoms with Crippen LogP contribution in [-0.4, -0.2) is 35.1 Å². The third-order valence-corrected chi connectivity index (χ3v) is 6.99. The molecule has 3 aromatic rings. The summed E-state index contributed by atoms with van der Waals surface area (Å²) in [6.45, 7) is 7.43. The molecular weight excluding hydrogens is 506 g/mol. The van der Waals surface area contributed by atoms with Crippen molar-refractivity contribution < 1.29 is 24.0 Å². The molecule has 2 heterocycles. The number of nitro groups is 1. The van der Waals surface area contributed by atoms with E-state index in [-0.39, 0.29) is 18.9 Å². The average Bonchev–Trinajstić information content (AvgIpc) is 3.39. The minimum atomic E-state index is -0.691. The predicted octanol–water partition coefficient (Wildman–Crippen LogP) is 5.75. The number of ether oxygens (including phenoxy) is 2. The smallest absolute Gasteiger partial charge is 0.336 e. The number of aromatic nitrogens is 1. The number of esters is 2. The van der Waals surface area contributed by atoms with E-state index in [0.717, 1.165) is 21.7 Å². The minimum Gasteiger partial charge on any atom is -0.463 e. The van der Waals surface area contributed by atoms with Crippen molar-refractivity contribution in [3.63, 3.8) is 0 Å². The number of carbonyl (C=O) groups is 2. The number of rotatable bonds is 8. The van der Waals surface area contributed by atoms with Gasteiger partial charge in [-0.25, -0.2) is 14.6 Å². The highest BCUT2D eigenvalue weighted by Crippen LogP contribution is 2.41. The summed E-state index contributed by atoms with van der Waals surface area (Å²) in [6, 6.07) is 13.8. The van der Waals surface area contributed by atoms with Crippen molar-refractivity contribution in [2.24, 2.45) is 0 Å². The molecule has 0 aliphatic carbocycles. The van der Waals surface area contributed by atoms with Gasteiger partial charge in [-0.05, 0) is 51.5 Å². The third-order valence-electron chi connectivity index (χ3n) is 6.10. The zero-order valence-electron chi connectivity index (χ0n) is 21.4. The van der Waals surface area contributed by atoms with Gasteiger partial charge >= 0.3 is 11.9 Å². The normalized spacial score (nSPS) is 13.8. The molecule has 0 saturated heterocycles. The first kappa shape index (κ1) is 26.7. The Morgan fingerprint density at radius 3 is 2.13 bits per heavy atom. The van der Waals surface area contributed by atoms with Crippen molar-refractivity contribution >= 4 is 29.0 Å². The van der Waals surface area contributed by atoms with Crippen LogP contribution in [0.3, 0.4) is 0 Å². The first-order valence-electron chi connectivity index (χ1n) is 12.1. The molecule has 1 aliphatic heterocycles. The van der Waals surface area contributed by atoms with Crippen LogP contribution in [0.2, 0.25) is 0 Å². The number of allylic oxidation sites excluding steroid dienone is 2. The maximum atomic E-state index is 13.1. The second kappa shape index (κ2) is 11.4. The first-order valence-corrected chi connectivity index (χ1v) is 13.0. The predicted molar refractivity (Wildman–Crippen MR) is 144 cm³/mol. The van der Waals surface area contributed by atoms with Gasteiger partial charge in [0.25, 0.3) is 5.69 Å². The summed E-state index contributed by atoms with van der Waals surface area (Å²) in [5, 5.41) is 16.7. The fraction of sp³-hybridized carbons (Fsp3) is 0.250. The monoisotopic (exact) mass is 533 g/mol. The minimum absolute atomic E-state index is 0.0142. The van der Waals surface area contributed by atoms with E-state index in [9.17, 15) is 19.7 Å². The van der Waals surface area contributed by atoms with Crippen molar-refractivity contribution in [2.75, 3.05) is 13.2 Å². The molecule has 1 aliphatic rings. The van der Waals surface area contributed by atoms with Crippen LogP contribution in [-0.2, 0) is 19.1 Å². The second-order valence-corrected chi connectivity index (χ2v) is 9.40. The Labute approximate surface area is 224 Å². The summed E-state index contributed by atoms with van der Waals surface area (Å²) in [5.74, 6) is -1.70. The maximum absolute atomic E-state index is 13.1. The largest absolute Gasteiger partial charge is 0.463 e. The van der Waals surface area contributed by atoms with Crippen LogP contribution in [0, 0.1) is 10.1 Å². The lowest BCUT2D eigenvalue weighted by molar-refractivity contribution is -0.384. The summed E-state index contributed by atoms with van der Waals surface area (Å²) in [6.07, 6.45) is 0. The molecule has 0 atom stereocenters. The molecule has 1 N–H and O–H groups in total. The molecule has 0 amide bonds. The van der Waals surface area contributed by atoms with Crippen LogP contribution in [0.15, 0.2) is 76.5 Å². The molecule has 196 valence electrons. The van der Waals surface area contributed by atoms with Crippen molar-refractivity contribution in [3.05, 3.63) is 92.1 Å². The van der Waals surface area contributed by atoms with E-state index in [4.69, 9.17) is 14.5 Å². The molecule has 0 bridgehead atoms. The lowest BCUT2D eigenvalue weighted by atomic mass is 9.80. The van der Waals surface area contributed by atoms with Crippen LogP contribution in [0.1, 0.15) is 39.2 Å². The van der Waals surface area contributed by atoms with Gasteiger partial charge in [-0.2, -0.15) is 0 Å². The average molecular weight is 534 g/mol. The zero-order chi connectivity index (χ0) is 27.4. The van der Waals surface area contributed by atoms with Crippen molar-refractivity contribution in [2.45, 2.75) is 33.6 Å². The van der Waals surface area contributed by atoms with Gasteiger partial charge in [-0.3, -0.25) is 10.1 Å². The standard InChI is InChI=1S/C28H27N3O6S/c1-5-36-27(32)23-16(3)29-17(4)24(28(33)37-6-2)25(23)19-8-7-9-20(14-19)26-30-22(15-38-26)18-10-12-21(13-11-18)31(34)35/h7-15,25,29H,5-6H2,1-4H3. The molecule has 1 aromatic heterocycles. The molecule has 10 heteroatoms. The number of hydrogen-bond acceptors (Lipinski definition) is 9. The number of thiazole rings is 1. The number of nitrogens with one attached hydrogen (secondary N) is 1. The molecule has 0 radical (unpaired) electrons. The number of non-ortho nitro benzene ring substituents is 1. The van der Waals surface area contributed by atoms with E-state index < -0.39 is 22.8 Å². The Kier molecular flexibility index (Phi) is 8.02.